The van der Waals surface area contributed by atoms with E-state index in [9.17, 15) is 9.18 Å². The highest BCUT2D eigenvalue weighted by Gasteiger charge is 2.27. The van der Waals surface area contributed by atoms with Crippen LogP contribution in [-0.2, 0) is 6.54 Å². The molecule has 0 aliphatic carbocycles. The number of carbonyl (C=O) groups is 1. The molecule has 6 rings (SSSR count). The fourth-order valence-electron chi connectivity index (χ4n) is 4.69. The van der Waals surface area contributed by atoms with E-state index in [-0.39, 0.29) is 11.7 Å². The normalized spacial score (nSPS) is 16.1. The number of aromatic nitrogens is 3. The van der Waals surface area contributed by atoms with Crippen LogP contribution in [0, 0.1) is 5.82 Å². The maximum Gasteiger partial charge on any atom is 0.254 e. The zero-order chi connectivity index (χ0) is 23.2. The third kappa shape index (κ3) is 3.54. The molecule has 2 aliphatic heterocycles. The van der Waals surface area contributed by atoms with E-state index in [1.807, 2.05) is 34.7 Å². The molecule has 3 aromatic heterocycles. The van der Waals surface area contributed by atoms with Crippen molar-refractivity contribution in [3.8, 4) is 11.3 Å². The number of piperazine rings is 1. The first-order valence-corrected chi connectivity index (χ1v) is 11.3. The Hall–Kier alpha value is -3.98. The Balaban J connectivity index is 1.35. The van der Waals surface area contributed by atoms with Gasteiger partial charge in [0.2, 0.25) is 0 Å². The molecule has 8 nitrogen and oxygen atoms in total. The Kier molecular flexibility index (Phi) is 4.91. The average Bonchev–Trinajstić information content (AvgIpc) is 3.44. The van der Waals surface area contributed by atoms with Crippen molar-refractivity contribution in [1.29, 1.82) is 0 Å². The summed E-state index contributed by atoms with van der Waals surface area (Å²) in [6.07, 6.45) is 3.37. The van der Waals surface area contributed by atoms with Gasteiger partial charge in [-0.15, -0.1) is 0 Å². The van der Waals surface area contributed by atoms with Gasteiger partial charge in [-0.3, -0.25) is 9.20 Å². The first-order chi connectivity index (χ1) is 16.6. The number of hydrogen-bond donors (Lipinski definition) is 2. The summed E-state index contributed by atoms with van der Waals surface area (Å²) in [7, 11) is 2.13. The van der Waals surface area contributed by atoms with Crippen molar-refractivity contribution in [3.63, 3.8) is 0 Å². The number of carbonyl (C=O) groups excluding carboxylic acids is 1. The molecule has 2 aliphatic rings. The minimum atomic E-state index is -0.336. The van der Waals surface area contributed by atoms with Crippen molar-refractivity contribution in [2.24, 2.45) is 0 Å². The fourth-order valence-corrected chi connectivity index (χ4v) is 4.69. The highest BCUT2D eigenvalue weighted by atomic mass is 19.1. The number of nitrogens with one attached hydrogen (secondary N) is 2. The zero-order valence-corrected chi connectivity index (χ0v) is 18.8. The number of rotatable bonds is 4. The summed E-state index contributed by atoms with van der Waals surface area (Å²) in [6.45, 7) is 4.29. The van der Waals surface area contributed by atoms with Gasteiger partial charge in [-0.25, -0.2) is 14.4 Å². The zero-order valence-electron chi connectivity index (χ0n) is 18.8. The molecule has 0 spiro atoms. The summed E-state index contributed by atoms with van der Waals surface area (Å²) < 4.78 is 15.4. The molecule has 1 aromatic carbocycles. The molecule has 2 N–H and O–H groups in total. The SMILES string of the molecule is CN1CCN(c2cccc(Nc3ccc(-c4cnc5cc(F)ccn45)c4c3C(=O)NC4)n2)CC1. The van der Waals surface area contributed by atoms with Crippen LogP contribution in [0.3, 0.4) is 0 Å². The Morgan fingerprint density at radius 1 is 1.09 bits per heavy atom. The second-order valence-corrected chi connectivity index (χ2v) is 8.71. The number of fused-ring (bicyclic) bond motifs is 2. The van der Waals surface area contributed by atoms with Crippen LogP contribution in [0.15, 0.2) is 54.9 Å². The minimum absolute atomic E-state index is 0.130. The molecular formula is C25H24FN7O. The number of anilines is 3. The molecule has 0 atom stereocenters. The van der Waals surface area contributed by atoms with Crippen molar-refractivity contribution in [1.82, 2.24) is 24.6 Å². The van der Waals surface area contributed by atoms with E-state index < -0.39 is 0 Å². The van der Waals surface area contributed by atoms with Crippen LogP contribution in [0.5, 0.6) is 0 Å². The largest absolute Gasteiger partial charge is 0.354 e. The Bertz CT molecular complexity index is 1410. The van der Waals surface area contributed by atoms with Gasteiger partial charge in [-0.2, -0.15) is 0 Å². The molecule has 1 amide bonds. The molecule has 9 heteroatoms. The predicted octanol–water partition coefficient (Wildman–Crippen LogP) is 3.27. The van der Waals surface area contributed by atoms with E-state index in [1.54, 1.807) is 12.4 Å². The number of likely N-dealkylation sites (N-methyl/N-ethyl adjacent to an activating group) is 1. The number of nitrogens with zero attached hydrogens (tertiary/aromatic N) is 5. The molecular weight excluding hydrogens is 433 g/mol. The van der Waals surface area contributed by atoms with Crippen molar-refractivity contribution >= 4 is 28.9 Å². The monoisotopic (exact) mass is 457 g/mol. The summed E-state index contributed by atoms with van der Waals surface area (Å²) in [6, 6.07) is 12.6. The number of halogens is 1. The topological polar surface area (TPSA) is 77.8 Å². The number of benzene rings is 1. The third-order valence-electron chi connectivity index (χ3n) is 6.54. The van der Waals surface area contributed by atoms with Gasteiger partial charge in [-0.05, 0) is 36.9 Å². The smallest absolute Gasteiger partial charge is 0.254 e. The molecule has 1 fully saturated rings. The van der Waals surface area contributed by atoms with Crippen LogP contribution in [-0.4, -0.2) is 58.4 Å². The maximum atomic E-state index is 13.6. The standard InChI is InChI=1S/C25H24FN7O/c1-31-9-11-32(12-10-31)22-4-2-3-21(30-22)29-19-6-5-17(18-14-28-25(34)24(18)19)20-15-27-23-13-16(26)7-8-33(20)23/h2-8,13,15H,9-12,14H2,1H3,(H,28,34)(H,29,30). The Morgan fingerprint density at radius 2 is 1.94 bits per heavy atom. The number of pyridine rings is 2. The first-order valence-electron chi connectivity index (χ1n) is 11.3. The second-order valence-electron chi connectivity index (χ2n) is 8.71. The maximum absolute atomic E-state index is 13.6. The molecule has 34 heavy (non-hydrogen) atoms. The lowest BCUT2D eigenvalue weighted by Gasteiger charge is -2.33. The Labute approximate surface area is 196 Å². The van der Waals surface area contributed by atoms with Crippen LogP contribution in [0.2, 0.25) is 0 Å². The number of amides is 1. The summed E-state index contributed by atoms with van der Waals surface area (Å²) >= 11 is 0. The third-order valence-corrected chi connectivity index (χ3v) is 6.54. The van der Waals surface area contributed by atoms with Gasteiger partial charge in [0.15, 0.2) is 0 Å². The predicted molar refractivity (Wildman–Crippen MR) is 129 cm³/mol. The van der Waals surface area contributed by atoms with E-state index in [0.29, 0.717) is 29.3 Å². The van der Waals surface area contributed by atoms with Crippen molar-refractivity contribution in [2.45, 2.75) is 6.54 Å². The van der Waals surface area contributed by atoms with Crippen LogP contribution >= 0.6 is 0 Å². The molecule has 0 bridgehead atoms. The van der Waals surface area contributed by atoms with Gasteiger partial charge in [0.05, 0.1) is 23.1 Å². The highest BCUT2D eigenvalue weighted by Crippen LogP contribution is 2.35. The van der Waals surface area contributed by atoms with Gasteiger partial charge < -0.3 is 20.4 Å². The fraction of sp³-hybridized carbons (Fsp3) is 0.240. The van der Waals surface area contributed by atoms with Crippen molar-refractivity contribution < 1.29 is 9.18 Å². The quantitative estimate of drug-likeness (QED) is 0.490. The number of hydrogen-bond acceptors (Lipinski definition) is 6. The lowest BCUT2D eigenvalue weighted by atomic mass is 9.99. The Morgan fingerprint density at radius 3 is 2.79 bits per heavy atom. The molecule has 172 valence electrons. The van der Waals surface area contributed by atoms with Gasteiger partial charge in [0, 0.05) is 50.6 Å². The van der Waals surface area contributed by atoms with Crippen LogP contribution in [0.4, 0.5) is 21.7 Å². The average molecular weight is 458 g/mol. The van der Waals surface area contributed by atoms with Crippen LogP contribution in [0.25, 0.3) is 16.9 Å². The van der Waals surface area contributed by atoms with E-state index >= 15 is 0 Å². The molecule has 0 radical (unpaired) electrons. The van der Waals surface area contributed by atoms with Gasteiger partial charge in [0.25, 0.3) is 5.91 Å². The lowest BCUT2D eigenvalue weighted by Crippen LogP contribution is -2.44. The highest BCUT2D eigenvalue weighted by molar-refractivity contribution is 6.06. The van der Waals surface area contributed by atoms with Gasteiger partial charge >= 0.3 is 0 Å². The van der Waals surface area contributed by atoms with E-state index in [0.717, 1.165) is 48.8 Å². The summed E-state index contributed by atoms with van der Waals surface area (Å²) in [5.41, 5.74) is 4.41. The molecule has 0 unspecified atom stereocenters. The van der Waals surface area contributed by atoms with Crippen molar-refractivity contribution in [2.75, 3.05) is 43.4 Å². The van der Waals surface area contributed by atoms with Gasteiger partial charge in [0.1, 0.15) is 23.1 Å². The van der Waals surface area contributed by atoms with Crippen LogP contribution < -0.4 is 15.5 Å². The molecule has 1 saturated heterocycles. The van der Waals surface area contributed by atoms with E-state index in [1.165, 1.54) is 12.1 Å². The molecule has 4 aromatic rings. The molecule has 5 heterocycles. The summed E-state index contributed by atoms with van der Waals surface area (Å²) in [5.74, 6) is 1.15. The van der Waals surface area contributed by atoms with E-state index in [2.05, 4.69) is 32.5 Å². The second kappa shape index (κ2) is 8.11. The van der Waals surface area contributed by atoms with E-state index in [4.69, 9.17) is 4.98 Å². The summed E-state index contributed by atoms with van der Waals surface area (Å²) in [5, 5.41) is 6.30. The molecule has 0 saturated carbocycles. The van der Waals surface area contributed by atoms with Gasteiger partial charge in [-0.1, -0.05) is 12.1 Å². The minimum Gasteiger partial charge on any atom is -0.354 e. The number of imidazole rings is 1. The van der Waals surface area contributed by atoms with Crippen LogP contribution in [0.1, 0.15) is 15.9 Å². The summed E-state index contributed by atoms with van der Waals surface area (Å²) in [4.78, 5) is 26.5. The lowest BCUT2D eigenvalue weighted by molar-refractivity contribution is 0.0966. The van der Waals surface area contributed by atoms with Crippen molar-refractivity contribution in [3.05, 3.63) is 71.8 Å². The first kappa shape index (κ1) is 20.6.